The number of amides is 2. The van der Waals surface area contributed by atoms with Gasteiger partial charge in [0.05, 0.1) is 5.54 Å². The lowest BCUT2D eigenvalue weighted by molar-refractivity contribution is -0.138. The van der Waals surface area contributed by atoms with Crippen LogP contribution < -0.4 is 5.73 Å². The Labute approximate surface area is 125 Å². The maximum Gasteiger partial charge on any atom is 0.253 e. The van der Waals surface area contributed by atoms with Crippen molar-refractivity contribution in [2.75, 3.05) is 26.2 Å². The summed E-state index contributed by atoms with van der Waals surface area (Å²) in [6.07, 6.45) is 0.606. The molecule has 0 bridgehead atoms. The molecule has 21 heavy (non-hydrogen) atoms. The molecular formula is C16H23N3O2. The Morgan fingerprint density at radius 2 is 1.62 bits per heavy atom. The molecule has 1 saturated heterocycles. The Hall–Kier alpha value is -1.88. The second-order valence-corrected chi connectivity index (χ2v) is 5.72. The van der Waals surface area contributed by atoms with E-state index in [0.29, 0.717) is 38.2 Å². The molecule has 1 aliphatic heterocycles. The van der Waals surface area contributed by atoms with Gasteiger partial charge in [0.1, 0.15) is 0 Å². The first kappa shape index (κ1) is 15.5. The van der Waals surface area contributed by atoms with Crippen molar-refractivity contribution in [2.24, 2.45) is 5.73 Å². The molecule has 1 aliphatic rings. The molecule has 1 aromatic rings. The fourth-order valence-corrected chi connectivity index (χ4v) is 2.39. The first-order valence-corrected chi connectivity index (χ1v) is 7.38. The van der Waals surface area contributed by atoms with Crippen LogP contribution in [-0.4, -0.2) is 53.3 Å². The summed E-state index contributed by atoms with van der Waals surface area (Å²) in [6.45, 7) is 5.87. The molecule has 1 fully saturated rings. The van der Waals surface area contributed by atoms with Gasteiger partial charge in [0.15, 0.2) is 0 Å². The highest BCUT2D eigenvalue weighted by molar-refractivity contribution is 5.94. The highest BCUT2D eigenvalue weighted by atomic mass is 16.2. The Kier molecular flexibility index (Phi) is 4.63. The van der Waals surface area contributed by atoms with E-state index in [4.69, 9.17) is 5.73 Å². The van der Waals surface area contributed by atoms with E-state index in [1.165, 1.54) is 0 Å². The summed E-state index contributed by atoms with van der Waals surface area (Å²) in [5.41, 5.74) is 5.88. The van der Waals surface area contributed by atoms with Crippen molar-refractivity contribution in [3.63, 3.8) is 0 Å². The first-order chi connectivity index (χ1) is 9.95. The minimum Gasteiger partial charge on any atom is -0.338 e. The topological polar surface area (TPSA) is 66.6 Å². The summed E-state index contributed by atoms with van der Waals surface area (Å²) in [4.78, 5) is 28.2. The van der Waals surface area contributed by atoms with Crippen LogP contribution in [0.15, 0.2) is 30.3 Å². The number of piperazine rings is 1. The highest BCUT2D eigenvalue weighted by Crippen LogP contribution is 2.14. The molecule has 0 aliphatic carbocycles. The lowest BCUT2D eigenvalue weighted by atomic mass is 9.98. The molecule has 0 spiro atoms. The minimum absolute atomic E-state index is 0.0219. The van der Waals surface area contributed by atoms with Crippen molar-refractivity contribution in [3.05, 3.63) is 35.9 Å². The van der Waals surface area contributed by atoms with Crippen LogP contribution in [0.4, 0.5) is 0 Å². The van der Waals surface area contributed by atoms with Gasteiger partial charge in [-0.3, -0.25) is 9.59 Å². The number of rotatable bonds is 3. The largest absolute Gasteiger partial charge is 0.338 e. The maximum absolute atomic E-state index is 12.3. The van der Waals surface area contributed by atoms with Gasteiger partial charge in [-0.1, -0.05) is 25.1 Å². The zero-order valence-electron chi connectivity index (χ0n) is 12.7. The van der Waals surface area contributed by atoms with Crippen molar-refractivity contribution in [1.29, 1.82) is 0 Å². The van der Waals surface area contributed by atoms with E-state index in [1.54, 1.807) is 16.7 Å². The van der Waals surface area contributed by atoms with Crippen molar-refractivity contribution < 1.29 is 9.59 Å². The van der Waals surface area contributed by atoms with Crippen LogP contribution in [0.2, 0.25) is 0 Å². The van der Waals surface area contributed by atoms with Gasteiger partial charge < -0.3 is 15.5 Å². The molecule has 2 amide bonds. The van der Waals surface area contributed by atoms with E-state index in [2.05, 4.69) is 0 Å². The van der Waals surface area contributed by atoms with Crippen LogP contribution in [0.25, 0.3) is 0 Å². The maximum atomic E-state index is 12.3. The molecule has 1 aromatic carbocycles. The van der Waals surface area contributed by atoms with Gasteiger partial charge in [0, 0.05) is 31.7 Å². The van der Waals surface area contributed by atoms with Crippen molar-refractivity contribution in [2.45, 2.75) is 25.8 Å². The third-order valence-corrected chi connectivity index (χ3v) is 4.10. The molecule has 0 radical (unpaired) electrons. The third kappa shape index (κ3) is 3.42. The molecular weight excluding hydrogens is 266 g/mol. The predicted octanol–water partition coefficient (Wildman–Crippen LogP) is 1.10. The number of hydrogen-bond acceptors (Lipinski definition) is 3. The number of carbonyl (C=O) groups is 2. The molecule has 0 aromatic heterocycles. The highest BCUT2D eigenvalue weighted by Gasteiger charge is 2.33. The van der Waals surface area contributed by atoms with Crippen LogP contribution >= 0.6 is 0 Å². The second kappa shape index (κ2) is 6.26. The molecule has 2 rings (SSSR count). The molecule has 1 atom stereocenters. The SMILES string of the molecule is CCC(C)(N)C(=O)N1CCN(C(=O)c2ccccc2)CC1. The van der Waals surface area contributed by atoms with Crippen LogP contribution in [-0.2, 0) is 4.79 Å². The fourth-order valence-electron chi connectivity index (χ4n) is 2.39. The Morgan fingerprint density at radius 1 is 1.10 bits per heavy atom. The first-order valence-electron chi connectivity index (χ1n) is 7.38. The standard InChI is InChI=1S/C16H23N3O2/c1-3-16(2,17)15(21)19-11-9-18(10-12-19)14(20)13-7-5-4-6-8-13/h4-8H,3,9-12,17H2,1-2H3. The Bertz CT molecular complexity index is 506. The third-order valence-electron chi connectivity index (χ3n) is 4.10. The summed E-state index contributed by atoms with van der Waals surface area (Å²) in [6, 6.07) is 9.23. The van der Waals surface area contributed by atoms with Gasteiger partial charge in [0.2, 0.25) is 5.91 Å². The van der Waals surface area contributed by atoms with Crippen LogP contribution in [0.3, 0.4) is 0 Å². The molecule has 1 unspecified atom stereocenters. The lowest BCUT2D eigenvalue weighted by Gasteiger charge is -2.38. The number of benzene rings is 1. The average molecular weight is 289 g/mol. The van der Waals surface area contributed by atoms with Crippen LogP contribution in [0, 0.1) is 0 Å². The molecule has 2 N–H and O–H groups in total. The summed E-state index contributed by atoms with van der Waals surface area (Å²) < 4.78 is 0. The van der Waals surface area contributed by atoms with Gasteiger partial charge in [-0.25, -0.2) is 0 Å². The van der Waals surface area contributed by atoms with E-state index in [0.717, 1.165) is 0 Å². The molecule has 5 heteroatoms. The quantitative estimate of drug-likeness (QED) is 0.906. The lowest BCUT2D eigenvalue weighted by Crippen LogP contribution is -2.58. The number of hydrogen-bond donors (Lipinski definition) is 1. The zero-order valence-corrected chi connectivity index (χ0v) is 12.7. The molecule has 114 valence electrons. The average Bonchev–Trinajstić information content (AvgIpc) is 2.54. The van der Waals surface area contributed by atoms with Gasteiger partial charge >= 0.3 is 0 Å². The fraction of sp³-hybridized carbons (Fsp3) is 0.500. The van der Waals surface area contributed by atoms with E-state index in [-0.39, 0.29) is 11.8 Å². The zero-order chi connectivity index (χ0) is 15.5. The van der Waals surface area contributed by atoms with Gasteiger partial charge in [-0.05, 0) is 25.5 Å². The molecule has 5 nitrogen and oxygen atoms in total. The normalized spacial score (nSPS) is 18.2. The van der Waals surface area contributed by atoms with Crippen molar-refractivity contribution in [3.8, 4) is 0 Å². The smallest absolute Gasteiger partial charge is 0.253 e. The number of nitrogens with two attached hydrogens (primary N) is 1. The van der Waals surface area contributed by atoms with Gasteiger partial charge in [-0.2, -0.15) is 0 Å². The minimum atomic E-state index is -0.814. The number of carbonyl (C=O) groups excluding carboxylic acids is 2. The second-order valence-electron chi connectivity index (χ2n) is 5.72. The van der Waals surface area contributed by atoms with Crippen LogP contribution in [0.5, 0.6) is 0 Å². The predicted molar refractivity (Wildman–Crippen MR) is 81.8 cm³/mol. The van der Waals surface area contributed by atoms with E-state index in [9.17, 15) is 9.59 Å². The van der Waals surface area contributed by atoms with Crippen molar-refractivity contribution >= 4 is 11.8 Å². The molecule has 0 saturated carbocycles. The summed E-state index contributed by atoms with van der Waals surface area (Å²) in [7, 11) is 0. The summed E-state index contributed by atoms with van der Waals surface area (Å²) >= 11 is 0. The Balaban J connectivity index is 1.95. The molecule has 1 heterocycles. The summed E-state index contributed by atoms with van der Waals surface area (Å²) in [5.74, 6) is -0.00879. The van der Waals surface area contributed by atoms with E-state index < -0.39 is 5.54 Å². The summed E-state index contributed by atoms with van der Waals surface area (Å²) in [5, 5.41) is 0. The van der Waals surface area contributed by atoms with Crippen LogP contribution in [0.1, 0.15) is 30.6 Å². The van der Waals surface area contributed by atoms with Gasteiger partial charge in [0.25, 0.3) is 5.91 Å². The van der Waals surface area contributed by atoms with E-state index in [1.807, 2.05) is 37.3 Å². The van der Waals surface area contributed by atoms with Crippen molar-refractivity contribution in [1.82, 2.24) is 9.80 Å². The number of nitrogens with zero attached hydrogens (tertiary/aromatic N) is 2. The van der Waals surface area contributed by atoms with Gasteiger partial charge in [-0.15, -0.1) is 0 Å². The monoisotopic (exact) mass is 289 g/mol. The Morgan fingerprint density at radius 3 is 2.14 bits per heavy atom. The van der Waals surface area contributed by atoms with E-state index >= 15 is 0 Å².